The maximum Gasteiger partial charge on any atom is 0.266 e. The molecule has 3 heterocycles. The van der Waals surface area contributed by atoms with Gasteiger partial charge in [0.25, 0.3) is 5.56 Å². The van der Waals surface area contributed by atoms with E-state index in [4.69, 9.17) is 0 Å². The average Bonchev–Trinajstić information content (AvgIpc) is 2.89. The third-order valence-electron chi connectivity index (χ3n) is 5.56. The third-order valence-corrected chi connectivity index (χ3v) is 5.56. The summed E-state index contributed by atoms with van der Waals surface area (Å²) in [5, 5.41) is 4.59. The highest BCUT2D eigenvalue weighted by molar-refractivity contribution is 5.83. The molecule has 6 nitrogen and oxygen atoms in total. The van der Waals surface area contributed by atoms with Gasteiger partial charge in [-0.1, -0.05) is 20.8 Å². The van der Waals surface area contributed by atoms with Gasteiger partial charge in [0, 0.05) is 31.6 Å². The van der Waals surface area contributed by atoms with Crippen LogP contribution in [0, 0.1) is 5.92 Å². The molecule has 2 fully saturated rings. The molecule has 1 aromatic heterocycles. The molecule has 1 aromatic rings. The molecule has 2 aliphatic rings. The van der Waals surface area contributed by atoms with Crippen molar-refractivity contribution in [1.29, 1.82) is 0 Å². The van der Waals surface area contributed by atoms with Crippen LogP contribution >= 0.6 is 0 Å². The van der Waals surface area contributed by atoms with Crippen molar-refractivity contribution in [3.8, 4) is 0 Å². The van der Waals surface area contributed by atoms with Gasteiger partial charge in [-0.05, 0) is 44.3 Å². The molecule has 0 aromatic carbocycles. The Morgan fingerprint density at radius 1 is 1.08 bits per heavy atom. The van der Waals surface area contributed by atoms with Gasteiger partial charge in [-0.25, -0.2) is 4.68 Å². The number of hydrogen-bond acceptors (Lipinski definition) is 4. The van der Waals surface area contributed by atoms with E-state index in [1.165, 1.54) is 0 Å². The largest absolute Gasteiger partial charge is 0.344 e. The second kappa shape index (κ2) is 6.90. The minimum Gasteiger partial charge on any atom is -0.344 e. The number of likely N-dealkylation sites (tertiary alicyclic amines) is 2. The first kappa shape index (κ1) is 18.1. The second-order valence-corrected chi connectivity index (χ2v) is 8.53. The lowest BCUT2D eigenvalue weighted by Gasteiger charge is -2.35. The Balaban J connectivity index is 1.61. The number of hydrogen-bond donors (Lipinski definition) is 0. The van der Waals surface area contributed by atoms with Crippen LogP contribution in [0.15, 0.2) is 16.9 Å². The van der Waals surface area contributed by atoms with E-state index in [2.05, 4.69) is 30.8 Å². The first-order valence-corrected chi connectivity index (χ1v) is 9.33. The smallest absolute Gasteiger partial charge is 0.266 e. The van der Waals surface area contributed by atoms with E-state index in [1.54, 1.807) is 10.7 Å². The Labute approximate surface area is 149 Å². The molecule has 0 saturated carbocycles. The normalized spacial score (nSPS) is 23.4. The van der Waals surface area contributed by atoms with E-state index in [1.807, 2.05) is 18.0 Å². The summed E-state index contributed by atoms with van der Waals surface area (Å²) in [5.74, 6) is 0.708. The fourth-order valence-electron chi connectivity index (χ4n) is 3.81. The fraction of sp³-hybridized carbons (Fsp3) is 0.737. The van der Waals surface area contributed by atoms with Crippen LogP contribution in [0.5, 0.6) is 0 Å². The van der Waals surface area contributed by atoms with Gasteiger partial charge in [-0.2, -0.15) is 5.10 Å². The molecule has 138 valence electrons. The summed E-state index contributed by atoms with van der Waals surface area (Å²) in [7, 11) is 1.88. The van der Waals surface area contributed by atoms with Crippen LogP contribution in [-0.2, 0) is 16.8 Å². The molecule has 0 bridgehead atoms. The third kappa shape index (κ3) is 3.94. The zero-order valence-electron chi connectivity index (χ0n) is 15.9. The van der Waals surface area contributed by atoms with Crippen molar-refractivity contribution in [3.05, 3.63) is 28.2 Å². The van der Waals surface area contributed by atoms with Gasteiger partial charge in [0.1, 0.15) is 0 Å². The lowest BCUT2D eigenvalue weighted by atomic mass is 9.92. The maximum atomic E-state index is 12.2. The molecule has 6 heteroatoms. The molecular formula is C19H30N4O2. The molecule has 0 N–H and O–H groups in total. The number of likely N-dealkylation sites (N-methyl/N-ethyl adjacent to an activating group) is 1. The molecule has 1 unspecified atom stereocenters. The lowest BCUT2D eigenvalue weighted by molar-refractivity contribution is -0.131. The number of piperidine rings is 1. The maximum absolute atomic E-state index is 12.2. The Hall–Kier alpha value is -1.69. The molecule has 0 radical (unpaired) electrons. The summed E-state index contributed by atoms with van der Waals surface area (Å²) in [4.78, 5) is 28.5. The predicted octanol–water partition coefficient (Wildman–Crippen LogP) is 1.48. The van der Waals surface area contributed by atoms with E-state index < -0.39 is 0 Å². The first-order chi connectivity index (χ1) is 11.8. The highest BCUT2D eigenvalue weighted by Crippen LogP contribution is 2.25. The fourth-order valence-corrected chi connectivity index (χ4v) is 3.81. The van der Waals surface area contributed by atoms with E-state index in [0.717, 1.165) is 44.6 Å². The molecule has 0 aliphatic carbocycles. The molecular weight excluding hydrogens is 316 g/mol. The summed E-state index contributed by atoms with van der Waals surface area (Å²) in [5.41, 5.74) is 0.861. The van der Waals surface area contributed by atoms with Crippen molar-refractivity contribution in [2.75, 3.05) is 26.7 Å². The van der Waals surface area contributed by atoms with E-state index >= 15 is 0 Å². The van der Waals surface area contributed by atoms with Crippen LogP contribution < -0.4 is 5.56 Å². The second-order valence-electron chi connectivity index (χ2n) is 8.53. The van der Waals surface area contributed by atoms with E-state index in [-0.39, 0.29) is 22.9 Å². The predicted molar refractivity (Wildman–Crippen MR) is 97.5 cm³/mol. The summed E-state index contributed by atoms with van der Waals surface area (Å²) < 4.78 is 1.63. The van der Waals surface area contributed by atoms with Crippen LogP contribution in [0.1, 0.15) is 45.7 Å². The summed E-state index contributed by atoms with van der Waals surface area (Å²) >= 11 is 0. The van der Waals surface area contributed by atoms with Gasteiger partial charge >= 0.3 is 0 Å². The first-order valence-electron chi connectivity index (χ1n) is 9.33. The van der Waals surface area contributed by atoms with Gasteiger partial charge < -0.3 is 4.90 Å². The van der Waals surface area contributed by atoms with Gasteiger partial charge in [-0.3, -0.25) is 14.5 Å². The van der Waals surface area contributed by atoms with Crippen molar-refractivity contribution in [1.82, 2.24) is 19.6 Å². The van der Waals surface area contributed by atoms with Crippen LogP contribution in [0.4, 0.5) is 0 Å². The number of carbonyl (C=O) groups is 1. The Bertz CT molecular complexity index is 683. The standard InChI is InChI=1S/C19H30N4O2/c1-19(2,3)16-5-6-17(24)23(20-16)13-14-7-11-22(12-8-14)15-9-10-21(4)18(15)25/h5-6,14-15H,7-13H2,1-4H3. The van der Waals surface area contributed by atoms with E-state index in [0.29, 0.717) is 12.5 Å². The van der Waals surface area contributed by atoms with Gasteiger partial charge in [0.15, 0.2) is 0 Å². The van der Waals surface area contributed by atoms with Crippen molar-refractivity contribution >= 4 is 5.91 Å². The number of nitrogens with zero attached hydrogens (tertiary/aromatic N) is 4. The summed E-state index contributed by atoms with van der Waals surface area (Å²) in [6.07, 6.45) is 2.97. The van der Waals surface area contributed by atoms with Gasteiger partial charge in [0.2, 0.25) is 5.91 Å². The van der Waals surface area contributed by atoms with Crippen molar-refractivity contribution < 1.29 is 4.79 Å². The van der Waals surface area contributed by atoms with Crippen molar-refractivity contribution in [3.63, 3.8) is 0 Å². The zero-order valence-corrected chi connectivity index (χ0v) is 15.9. The highest BCUT2D eigenvalue weighted by Gasteiger charge is 2.35. The van der Waals surface area contributed by atoms with Gasteiger partial charge in [0.05, 0.1) is 11.7 Å². The number of aromatic nitrogens is 2. The quantitative estimate of drug-likeness (QED) is 0.832. The molecule has 25 heavy (non-hydrogen) atoms. The number of amides is 1. The minimum atomic E-state index is -0.0618. The number of carbonyl (C=O) groups excluding carboxylic acids is 1. The van der Waals surface area contributed by atoms with Crippen LogP contribution in [-0.4, -0.2) is 58.2 Å². The Morgan fingerprint density at radius 3 is 2.32 bits per heavy atom. The van der Waals surface area contributed by atoms with Crippen molar-refractivity contribution in [2.24, 2.45) is 5.92 Å². The Morgan fingerprint density at radius 2 is 1.76 bits per heavy atom. The molecule has 2 saturated heterocycles. The van der Waals surface area contributed by atoms with E-state index in [9.17, 15) is 9.59 Å². The highest BCUT2D eigenvalue weighted by atomic mass is 16.2. The molecule has 1 amide bonds. The molecule has 2 aliphatic heterocycles. The molecule has 0 spiro atoms. The Kier molecular flexibility index (Phi) is 5.00. The van der Waals surface area contributed by atoms with Gasteiger partial charge in [-0.15, -0.1) is 0 Å². The minimum absolute atomic E-state index is 0.0250. The molecule has 1 atom stereocenters. The zero-order chi connectivity index (χ0) is 18.2. The lowest BCUT2D eigenvalue weighted by Crippen LogP contribution is -2.46. The summed E-state index contributed by atoms with van der Waals surface area (Å²) in [6, 6.07) is 3.54. The SMILES string of the molecule is CN1CCC(N2CCC(Cn3nc(C(C)(C)C)ccc3=O)CC2)C1=O. The topological polar surface area (TPSA) is 58.4 Å². The van der Waals surface area contributed by atoms with Crippen LogP contribution in [0.2, 0.25) is 0 Å². The average molecular weight is 346 g/mol. The monoisotopic (exact) mass is 346 g/mol. The number of rotatable bonds is 3. The van der Waals surface area contributed by atoms with Crippen LogP contribution in [0.3, 0.4) is 0 Å². The van der Waals surface area contributed by atoms with Crippen molar-refractivity contribution in [2.45, 2.75) is 58.0 Å². The summed E-state index contributed by atoms with van der Waals surface area (Å²) in [6.45, 7) is 9.73. The molecule has 3 rings (SSSR count). The van der Waals surface area contributed by atoms with Crippen LogP contribution in [0.25, 0.3) is 0 Å².